The summed E-state index contributed by atoms with van der Waals surface area (Å²) in [5, 5.41) is 9.11. The van der Waals surface area contributed by atoms with Crippen molar-refractivity contribution in [3.63, 3.8) is 0 Å². The molecular weight excluding hydrogens is 200 g/mol. The fraction of sp³-hybridized carbons (Fsp3) is 0.143. The molecule has 2 rings (SSSR count). The van der Waals surface area contributed by atoms with Crippen molar-refractivity contribution in [2.45, 2.75) is 13.3 Å². The molecule has 0 spiro atoms. The van der Waals surface area contributed by atoms with Gasteiger partial charge < -0.3 is 10.6 Å². The highest BCUT2D eigenvalue weighted by atomic mass is 16.3. The molecule has 0 unspecified atom stereocenters. The van der Waals surface area contributed by atoms with Crippen molar-refractivity contribution < 1.29 is 10.6 Å². The normalized spacial score (nSPS) is 8.31. The number of phenolic OH excluding ortho intramolecular Hbond substituents is 1. The molecule has 0 saturated heterocycles. The van der Waals surface area contributed by atoms with Crippen molar-refractivity contribution >= 4 is 0 Å². The Labute approximate surface area is 96.5 Å². The average molecular weight is 218 g/mol. The van der Waals surface area contributed by atoms with E-state index in [1.807, 2.05) is 61.5 Å². The van der Waals surface area contributed by atoms with E-state index in [9.17, 15) is 0 Å². The van der Waals surface area contributed by atoms with Crippen molar-refractivity contribution in [3.05, 3.63) is 66.2 Å². The van der Waals surface area contributed by atoms with E-state index < -0.39 is 0 Å². The van der Waals surface area contributed by atoms with E-state index in [-0.39, 0.29) is 5.48 Å². The van der Waals surface area contributed by atoms with Gasteiger partial charge in [0.2, 0.25) is 0 Å². The first-order valence-electron chi connectivity index (χ1n) is 5.11. The minimum Gasteiger partial charge on any atom is -0.508 e. The Kier molecular flexibility index (Phi) is 7.55. The third kappa shape index (κ3) is 5.17. The van der Waals surface area contributed by atoms with Crippen LogP contribution in [0.4, 0.5) is 0 Å². The Morgan fingerprint density at radius 3 is 1.56 bits per heavy atom. The molecule has 0 aliphatic carbocycles. The lowest BCUT2D eigenvalue weighted by Gasteiger charge is -1.97. The molecule has 2 heteroatoms. The topological polar surface area (TPSA) is 51.7 Å². The van der Waals surface area contributed by atoms with Crippen molar-refractivity contribution in [3.8, 4) is 5.75 Å². The first kappa shape index (κ1) is 14.2. The third-order valence-electron chi connectivity index (χ3n) is 2.04. The van der Waals surface area contributed by atoms with Crippen LogP contribution in [0.5, 0.6) is 5.75 Å². The van der Waals surface area contributed by atoms with Crippen LogP contribution in [0.15, 0.2) is 60.7 Å². The van der Waals surface area contributed by atoms with E-state index >= 15 is 0 Å². The molecule has 3 N–H and O–H groups in total. The summed E-state index contributed by atoms with van der Waals surface area (Å²) in [6, 6.07) is 19.4. The maximum atomic E-state index is 9.11. The highest BCUT2D eigenvalue weighted by molar-refractivity contribution is 5.31. The van der Waals surface area contributed by atoms with Gasteiger partial charge in [0.1, 0.15) is 5.75 Å². The highest BCUT2D eigenvalue weighted by Crippen LogP contribution is 2.14. The second kappa shape index (κ2) is 8.50. The molecule has 2 aromatic rings. The number of aryl methyl sites for hydroxylation is 1. The second-order valence-corrected chi connectivity index (χ2v) is 3.14. The van der Waals surface area contributed by atoms with E-state index in [2.05, 4.69) is 0 Å². The lowest BCUT2D eigenvalue weighted by Crippen LogP contribution is -1.77. The van der Waals surface area contributed by atoms with Crippen LogP contribution in [-0.4, -0.2) is 10.6 Å². The predicted molar refractivity (Wildman–Crippen MR) is 67.5 cm³/mol. The van der Waals surface area contributed by atoms with Crippen LogP contribution in [0.25, 0.3) is 0 Å². The molecule has 0 aliphatic rings. The van der Waals surface area contributed by atoms with Gasteiger partial charge in [-0.3, -0.25) is 0 Å². The summed E-state index contributed by atoms with van der Waals surface area (Å²) in [6.45, 7) is 2.02. The quantitative estimate of drug-likeness (QED) is 0.786. The molecule has 0 fully saturated rings. The van der Waals surface area contributed by atoms with Gasteiger partial charge in [-0.05, 0) is 18.1 Å². The van der Waals surface area contributed by atoms with Gasteiger partial charge in [0, 0.05) is 0 Å². The van der Waals surface area contributed by atoms with Crippen molar-refractivity contribution in [1.29, 1.82) is 0 Å². The van der Waals surface area contributed by atoms with Gasteiger partial charge in [0.25, 0.3) is 0 Å². The van der Waals surface area contributed by atoms with Crippen molar-refractivity contribution in [2.75, 3.05) is 0 Å². The van der Waals surface area contributed by atoms with Crippen LogP contribution in [0.2, 0.25) is 0 Å². The maximum Gasteiger partial charge on any atom is 0.118 e. The van der Waals surface area contributed by atoms with Crippen LogP contribution in [-0.2, 0) is 6.42 Å². The summed E-state index contributed by atoms with van der Waals surface area (Å²) in [6.07, 6.45) is 0.896. The van der Waals surface area contributed by atoms with Crippen molar-refractivity contribution in [2.24, 2.45) is 0 Å². The second-order valence-electron chi connectivity index (χ2n) is 3.14. The molecule has 86 valence electrons. The zero-order valence-electron chi connectivity index (χ0n) is 9.43. The molecule has 2 aromatic carbocycles. The van der Waals surface area contributed by atoms with Crippen LogP contribution in [0, 0.1) is 0 Å². The van der Waals surface area contributed by atoms with Crippen LogP contribution in [0.3, 0.4) is 0 Å². The number of benzene rings is 2. The number of aromatic hydroxyl groups is 1. The fourth-order valence-corrected chi connectivity index (χ4v) is 1.19. The van der Waals surface area contributed by atoms with Gasteiger partial charge in [-0.15, -0.1) is 0 Å². The van der Waals surface area contributed by atoms with Crippen LogP contribution in [0.1, 0.15) is 12.5 Å². The average Bonchev–Trinajstić information content (AvgIpc) is 2.33. The number of hydrogen-bond donors (Lipinski definition) is 1. The zero-order valence-corrected chi connectivity index (χ0v) is 9.43. The summed E-state index contributed by atoms with van der Waals surface area (Å²) in [5.41, 5.74) is 1.01. The minimum absolute atomic E-state index is 0. The fourth-order valence-electron chi connectivity index (χ4n) is 1.19. The Morgan fingerprint density at radius 2 is 1.25 bits per heavy atom. The zero-order chi connectivity index (χ0) is 10.9. The number of hydrogen-bond acceptors (Lipinski definition) is 1. The van der Waals surface area contributed by atoms with E-state index in [0.29, 0.717) is 5.75 Å². The van der Waals surface area contributed by atoms with E-state index in [0.717, 1.165) is 12.0 Å². The Hall–Kier alpha value is -1.80. The lowest BCUT2D eigenvalue weighted by atomic mass is 10.1. The smallest absolute Gasteiger partial charge is 0.118 e. The summed E-state index contributed by atoms with van der Waals surface area (Å²) < 4.78 is 0. The van der Waals surface area contributed by atoms with Gasteiger partial charge in [-0.2, -0.15) is 0 Å². The van der Waals surface area contributed by atoms with Gasteiger partial charge in [-0.1, -0.05) is 61.5 Å². The predicted octanol–water partition coefficient (Wildman–Crippen LogP) is 2.82. The van der Waals surface area contributed by atoms with Crippen LogP contribution >= 0.6 is 0 Å². The molecule has 2 nitrogen and oxygen atoms in total. The van der Waals surface area contributed by atoms with Gasteiger partial charge in [0.15, 0.2) is 0 Å². The Morgan fingerprint density at radius 1 is 0.812 bits per heavy atom. The molecule has 0 heterocycles. The van der Waals surface area contributed by atoms with E-state index in [1.54, 1.807) is 6.07 Å². The first-order chi connectivity index (χ1) is 7.34. The minimum atomic E-state index is 0. The maximum absolute atomic E-state index is 9.11. The number of para-hydroxylation sites is 1. The largest absolute Gasteiger partial charge is 0.508 e. The molecule has 0 bridgehead atoms. The van der Waals surface area contributed by atoms with Crippen molar-refractivity contribution in [1.82, 2.24) is 0 Å². The first-order valence-corrected chi connectivity index (χ1v) is 5.11. The number of rotatable bonds is 1. The molecule has 0 aliphatic heterocycles. The molecule has 0 saturated carbocycles. The number of phenols is 1. The molecule has 0 amide bonds. The lowest BCUT2D eigenvalue weighted by molar-refractivity contribution is 0.469. The molecule has 0 radical (unpaired) electrons. The summed E-state index contributed by atoms with van der Waals surface area (Å²) in [4.78, 5) is 0. The van der Waals surface area contributed by atoms with Crippen LogP contribution < -0.4 is 0 Å². The monoisotopic (exact) mass is 218 g/mol. The Balaban J connectivity index is 0.000000283. The van der Waals surface area contributed by atoms with Gasteiger partial charge in [0.05, 0.1) is 0 Å². The summed E-state index contributed by atoms with van der Waals surface area (Å²) >= 11 is 0. The standard InChI is InChI=1S/C8H10O.C6H6.H2O/c1-2-7-5-3-4-6-8(7)9;1-2-4-6-5-3-1;/h3-6,9H,2H2,1H3;1-6H;1H2. The van der Waals surface area contributed by atoms with Gasteiger partial charge in [-0.25, -0.2) is 0 Å². The summed E-state index contributed by atoms with van der Waals surface area (Å²) in [5.74, 6) is 0.403. The molecule has 0 atom stereocenters. The van der Waals surface area contributed by atoms with E-state index in [4.69, 9.17) is 5.11 Å². The SMILES string of the molecule is CCc1ccccc1O.O.c1ccccc1. The molecule has 16 heavy (non-hydrogen) atoms. The molecule has 0 aromatic heterocycles. The van der Waals surface area contributed by atoms with Gasteiger partial charge >= 0.3 is 0 Å². The Bertz CT molecular complexity index is 345. The highest BCUT2D eigenvalue weighted by Gasteiger charge is 1.92. The third-order valence-corrected chi connectivity index (χ3v) is 2.04. The van der Waals surface area contributed by atoms with E-state index in [1.165, 1.54) is 0 Å². The summed E-state index contributed by atoms with van der Waals surface area (Å²) in [7, 11) is 0. The molecular formula is C14H18O2.